The summed E-state index contributed by atoms with van der Waals surface area (Å²) in [6, 6.07) is 5.10. The van der Waals surface area contributed by atoms with E-state index in [9.17, 15) is 22.4 Å². The second kappa shape index (κ2) is 5.77. The van der Waals surface area contributed by atoms with Gasteiger partial charge in [0.15, 0.2) is 16.9 Å². The Labute approximate surface area is 136 Å². The molecular weight excluding hydrogens is 339 g/mol. The zero-order chi connectivity index (χ0) is 17.5. The number of sulfonamides is 1. The van der Waals surface area contributed by atoms with Gasteiger partial charge in [-0.1, -0.05) is 12.1 Å². The lowest BCUT2D eigenvalue weighted by molar-refractivity contribution is -0.137. The Morgan fingerprint density at radius 1 is 1.25 bits per heavy atom. The Hall–Kier alpha value is -2.65. The first-order valence-corrected chi connectivity index (χ1v) is 8.29. The summed E-state index contributed by atoms with van der Waals surface area (Å²) >= 11 is 0. The van der Waals surface area contributed by atoms with E-state index in [1.54, 1.807) is 16.9 Å². The van der Waals surface area contributed by atoms with E-state index in [-0.39, 0.29) is 11.4 Å². The Kier molecular flexibility index (Phi) is 3.90. The summed E-state index contributed by atoms with van der Waals surface area (Å²) in [6.45, 7) is 0. The van der Waals surface area contributed by atoms with Gasteiger partial charge in [0.1, 0.15) is 5.82 Å². The number of benzene rings is 1. The third kappa shape index (κ3) is 2.91. The van der Waals surface area contributed by atoms with E-state index in [4.69, 9.17) is 5.11 Å². The molecule has 1 aliphatic rings. The van der Waals surface area contributed by atoms with Gasteiger partial charge in [-0.25, -0.2) is 22.6 Å². The highest BCUT2D eigenvalue weighted by Crippen LogP contribution is 2.23. The molecule has 0 saturated heterocycles. The molecule has 9 heteroatoms. The summed E-state index contributed by atoms with van der Waals surface area (Å²) in [7, 11) is -4.18. The van der Waals surface area contributed by atoms with Crippen LogP contribution in [0, 0.1) is 5.82 Å². The van der Waals surface area contributed by atoms with Crippen molar-refractivity contribution in [3.8, 4) is 0 Å². The summed E-state index contributed by atoms with van der Waals surface area (Å²) < 4.78 is 38.7. The quantitative estimate of drug-likeness (QED) is 0.790. The number of aromatic nitrogens is 1. The van der Waals surface area contributed by atoms with E-state index in [0.29, 0.717) is 12.0 Å². The van der Waals surface area contributed by atoms with Gasteiger partial charge in [0.05, 0.1) is 5.56 Å². The van der Waals surface area contributed by atoms with Crippen LogP contribution in [0.25, 0.3) is 0 Å². The number of hydrogen-bond acceptors (Lipinski definition) is 5. The van der Waals surface area contributed by atoms with Crippen LogP contribution in [0.5, 0.6) is 0 Å². The van der Waals surface area contributed by atoms with E-state index < -0.39 is 32.8 Å². The van der Waals surface area contributed by atoms with Crippen LogP contribution >= 0.6 is 0 Å². The van der Waals surface area contributed by atoms with Crippen molar-refractivity contribution >= 4 is 21.8 Å². The van der Waals surface area contributed by atoms with Gasteiger partial charge in [0, 0.05) is 6.20 Å². The van der Waals surface area contributed by atoms with Crippen LogP contribution < -0.4 is 4.72 Å². The van der Waals surface area contributed by atoms with E-state index in [2.05, 4.69) is 4.98 Å². The number of rotatable bonds is 3. The van der Waals surface area contributed by atoms with Gasteiger partial charge in [0.2, 0.25) is 0 Å². The number of nitrogens with zero attached hydrogens (tertiary/aromatic N) is 1. The van der Waals surface area contributed by atoms with Crippen molar-refractivity contribution in [1.29, 1.82) is 0 Å². The first kappa shape index (κ1) is 16.2. The first-order valence-electron chi connectivity index (χ1n) is 6.80. The Balaban J connectivity index is 2.01. The van der Waals surface area contributed by atoms with Gasteiger partial charge < -0.3 is 5.11 Å². The summed E-state index contributed by atoms with van der Waals surface area (Å²) in [4.78, 5) is 27.1. The fraction of sp³-hybridized carbons (Fsp3) is 0.133. The number of carbonyl (C=O) groups is 2. The topological polar surface area (TPSA) is 113 Å². The van der Waals surface area contributed by atoms with E-state index in [1.807, 2.05) is 0 Å². The average molecular weight is 350 g/mol. The standard InChI is InChI=1S/C15H11FN2O5S/c16-10-3-1-8(2-4-10)5-9-6-11-13(19)12(15(20)21)18-24(22,23)14(11)17-7-9/h1-4,6-7,12,18H,5H2,(H,20,21). The zero-order valence-corrected chi connectivity index (χ0v) is 12.9. The van der Waals surface area contributed by atoms with Crippen LogP contribution in [0.15, 0.2) is 41.6 Å². The number of fused-ring (bicyclic) bond motifs is 1. The molecule has 0 aliphatic carbocycles. The van der Waals surface area contributed by atoms with Crippen molar-refractivity contribution in [1.82, 2.24) is 9.71 Å². The maximum atomic E-state index is 12.9. The molecule has 3 rings (SSSR count). The molecule has 24 heavy (non-hydrogen) atoms. The fourth-order valence-corrected chi connectivity index (χ4v) is 3.67. The number of carboxylic acids is 1. The number of carbonyl (C=O) groups excluding carboxylic acids is 1. The van der Waals surface area contributed by atoms with Crippen molar-refractivity contribution < 1.29 is 27.5 Å². The minimum Gasteiger partial charge on any atom is -0.480 e. The maximum absolute atomic E-state index is 12.9. The maximum Gasteiger partial charge on any atom is 0.329 e. The van der Waals surface area contributed by atoms with Crippen LogP contribution in [0.3, 0.4) is 0 Å². The van der Waals surface area contributed by atoms with Gasteiger partial charge >= 0.3 is 5.97 Å². The number of carboxylic acid groups (broad SMARTS) is 1. The minimum atomic E-state index is -4.18. The van der Waals surface area contributed by atoms with Gasteiger partial charge in [-0.15, -0.1) is 0 Å². The molecule has 124 valence electrons. The fourth-order valence-electron chi connectivity index (χ4n) is 2.40. The number of hydrogen-bond donors (Lipinski definition) is 2. The molecule has 1 aromatic heterocycles. The van der Waals surface area contributed by atoms with E-state index in [0.717, 1.165) is 5.56 Å². The van der Waals surface area contributed by atoms with Crippen molar-refractivity contribution in [2.75, 3.05) is 0 Å². The number of pyridine rings is 1. The summed E-state index contributed by atoms with van der Waals surface area (Å²) in [5.74, 6) is -2.85. The summed E-state index contributed by atoms with van der Waals surface area (Å²) in [5.41, 5.74) is 0.980. The minimum absolute atomic E-state index is 0.263. The lowest BCUT2D eigenvalue weighted by atomic mass is 10.0. The molecule has 7 nitrogen and oxygen atoms in total. The third-order valence-electron chi connectivity index (χ3n) is 3.53. The van der Waals surface area contributed by atoms with Gasteiger partial charge in [0.25, 0.3) is 10.0 Å². The molecule has 0 saturated carbocycles. The number of Topliss-reactive ketones (excluding diaryl/α,β-unsaturated/α-hetero) is 1. The molecule has 2 aromatic rings. The molecule has 1 atom stereocenters. The molecule has 0 bridgehead atoms. The van der Waals surface area contributed by atoms with E-state index in [1.165, 1.54) is 24.4 Å². The van der Waals surface area contributed by atoms with Gasteiger partial charge in [-0.05, 0) is 35.7 Å². The monoisotopic (exact) mass is 350 g/mol. The number of nitrogens with one attached hydrogen (secondary N) is 1. The molecule has 2 heterocycles. The van der Waals surface area contributed by atoms with Crippen molar-refractivity contribution in [3.63, 3.8) is 0 Å². The van der Waals surface area contributed by atoms with E-state index >= 15 is 0 Å². The molecule has 1 aromatic carbocycles. The Morgan fingerprint density at radius 2 is 1.92 bits per heavy atom. The van der Waals surface area contributed by atoms with Crippen molar-refractivity contribution in [3.05, 3.63) is 59.0 Å². The molecule has 0 spiro atoms. The first-order chi connectivity index (χ1) is 11.3. The lowest BCUT2D eigenvalue weighted by Gasteiger charge is -2.21. The van der Waals surface area contributed by atoms with Crippen LogP contribution in [0.1, 0.15) is 21.5 Å². The van der Waals surface area contributed by atoms with Crippen molar-refractivity contribution in [2.24, 2.45) is 0 Å². The van der Waals surface area contributed by atoms with Gasteiger partial charge in [-0.3, -0.25) is 4.79 Å². The second-order valence-corrected chi connectivity index (χ2v) is 6.89. The molecule has 0 amide bonds. The third-order valence-corrected chi connectivity index (χ3v) is 4.91. The molecule has 1 aliphatic heterocycles. The smallest absolute Gasteiger partial charge is 0.329 e. The largest absolute Gasteiger partial charge is 0.480 e. The lowest BCUT2D eigenvalue weighted by Crippen LogP contribution is -2.50. The van der Waals surface area contributed by atoms with Gasteiger partial charge in [-0.2, -0.15) is 4.72 Å². The number of halogens is 1. The second-order valence-electron chi connectivity index (χ2n) is 5.26. The molecular formula is C15H11FN2O5S. The molecule has 2 N–H and O–H groups in total. The van der Waals surface area contributed by atoms with Crippen LogP contribution in [0.4, 0.5) is 4.39 Å². The summed E-state index contributed by atoms with van der Waals surface area (Å²) in [5, 5.41) is 8.50. The number of ketones is 1. The SMILES string of the molecule is O=C(O)C1NS(=O)(=O)c2ncc(Cc3ccc(F)cc3)cc2C1=O. The highest BCUT2D eigenvalue weighted by atomic mass is 32.2. The Morgan fingerprint density at radius 3 is 2.54 bits per heavy atom. The molecule has 0 fully saturated rings. The predicted molar refractivity (Wildman–Crippen MR) is 79.5 cm³/mol. The Bertz CT molecular complexity index is 941. The molecule has 1 unspecified atom stereocenters. The highest BCUT2D eigenvalue weighted by Gasteiger charge is 2.41. The highest BCUT2D eigenvalue weighted by molar-refractivity contribution is 7.89. The molecule has 0 radical (unpaired) electrons. The van der Waals surface area contributed by atoms with Crippen LogP contribution in [0.2, 0.25) is 0 Å². The zero-order valence-electron chi connectivity index (χ0n) is 12.1. The average Bonchev–Trinajstić information content (AvgIpc) is 2.53. The normalized spacial score (nSPS) is 18.9. The summed E-state index contributed by atoms with van der Waals surface area (Å²) in [6.07, 6.45) is 1.58. The number of aliphatic carboxylic acids is 1. The van der Waals surface area contributed by atoms with Crippen LogP contribution in [-0.4, -0.2) is 36.3 Å². The van der Waals surface area contributed by atoms with Crippen LogP contribution in [-0.2, 0) is 21.2 Å². The van der Waals surface area contributed by atoms with Crippen molar-refractivity contribution in [2.45, 2.75) is 17.5 Å². The predicted octanol–water partition coefficient (Wildman–Crippen LogP) is 0.739.